The maximum atomic E-state index is 8.24. The molecule has 4 nitrogen and oxygen atoms in total. The molecule has 104 valence electrons. The zero-order chi connectivity index (χ0) is 14.7. The molecular weight excluding hydrogens is 280 g/mol. The van der Waals surface area contributed by atoms with E-state index >= 15 is 0 Å². The minimum Gasteiger partial charge on any atom is -0.267 e. The van der Waals surface area contributed by atoms with Gasteiger partial charge in [0.15, 0.2) is 11.0 Å². The summed E-state index contributed by atoms with van der Waals surface area (Å²) in [5, 5.41) is 8.99. The van der Waals surface area contributed by atoms with E-state index in [1.165, 1.54) is 11.8 Å². The zero-order valence-corrected chi connectivity index (χ0v) is 12.3. The molecule has 21 heavy (non-hydrogen) atoms. The summed E-state index contributed by atoms with van der Waals surface area (Å²) in [5.41, 5.74) is 1.99. The quantitative estimate of drug-likeness (QED) is 0.755. The molecular formula is C16H14N4S. The lowest BCUT2D eigenvalue weighted by Gasteiger charge is -2.12. The van der Waals surface area contributed by atoms with Crippen molar-refractivity contribution in [2.24, 2.45) is 0 Å². The number of nitrogens with zero attached hydrogens (tertiary/aromatic N) is 3. The smallest absolute Gasteiger partial charge is 0.230 e. The second-order valence-electron chi connectivity index (χ2n) is 4.39. The molecule has 0 aliphatic rings. The van der Waals surface area contributed by atoms with Crippen LogP contribution >= 0.6 is 11.8 Å². The van der Waals surface area contributed by atoms with Crippen LogP contribution in [0.15, 0.2) is 65.8 Å². The first kappa shape index (κ1) is 13.6. The molecule has 0 aliphatic carbocycles. The van der Waals surface area contributed by atoms with Crippen LogP contribution in [-0.2, 0) is 0 Å². The van der Waals surface area contributed by atoms with Crippen molar-refractivity contribution in [3.05, 3.63) is 66.3 Å². The summed E-state index contributed by atoms with van der Waals surface area (Å²) in [6, 6.07) is 19.5. The molecule has 0 fully saturated rings. The number of thioether (sulfide) groups is 1. The molecule has 5 heteroatoms. The Morgan fingerprint density at radius 3 is 2.14 bits per heavy atom. The highest BCUT2D eigenvalue weighted by atomic mass is 32.2. The van der Waals surface area contributed by atoms with Gasteiger partial charge >= 0.3 is 0 Å². The largest absolute Gasteiger partial charge is 0.267 e. The molecule has 0 atom stereocenters. The maximum Gasteiger partial charge on any atom is 0.230 e. The molecule has 0 saturated heterocycles. The first-order valence-corrected chi connectivity index (χ1v) is 7.72. The Morgan fingerprint density at radius 2 is 1.52 bits per heavy atom. The first-order chi connectivity index (χ1) is 10.3. The first-order valence-electron chi connectivity index (χ1n) is 6.50. The Kier molecular flexibility index (Phi) is 3.83. The second kappa shape index (κ2) is 5.93. The summed E-state index contributed by atoms with van der Waals surface area (Å²) in [6.07, 6.45) is 1.95. The van der Waals surface area contributed by atoms with Crippen LogP contribution in [0, 0.1) is 5.41 Å². The Balaban J connectivity index is 2.19. The van der Waals surface area contributed by atoms with Gasteiger partial charge in [0.2, 0.25) is 5.62 Å². The minimum atomic E-state index is 0.180. The van der Waals surface area contributed by atoms with Crippen molar-refractivity contribution in [1.29, 1.82) is 5.41 Å². The Morgan fingerprint density at radius 1 is 0.905 bits per heavy atom. The van der Waals surface area contributed by atoms with E-state index in [9.17, 15) is 0 Å². The van der Waals surface area contributed by atoms with E-state index in [1.54, 1.807) is 4.57 Å². The van der Waals surface area contributed by atoms with Gasteiger partial charge in [-0.2, -0.15) is 4.98 Å². The van der Waals surface area contributed by atoms with E-state index in [4.69, 9.17) is 5.41 Å². The van der Waals surface area contributed by atoms with E-state index < -0.39 is 0 Å². The van der Waals surface area contributed by atoms with Crippen molar-refractivity contribution in [1.82, 2.24) is 14.5 Å². The maximum absolute atomic E-state index is 8.24. The van der Waals surface area contributed by atoms with Crippen LogP contribution in [-0.4, -0.2) is 20.8 Å². The molecule has 0 unspecified atom stereocenters. The summed E-state index contributed by atoms with van der Waals surface area (Å²) in [7, 11) is 0. The lowest BCUT2D eigenvalue weighted by molar-refractivity contribution is 0.717. The highest BCUT2D eigenvalue weighted by molar-refractivity contribution is 7.98. The number of aromatic nitrogens is 3. The van der Waals surface area contributed by atoms with Crippen molar-refractivity contribution in [3.8, 4) is 17.1 Å². The summed E-state index contributed by atoms with van der Waals surface area (Å²) in [5.74, 6) is 0.581. The second-order valence-corrected chi connectivity index (χ2v) is 5.17. The topological polar surface area (TPSA) is 54.6 Å². The highest BCUT2D eigenvalue weighted by Gasteiger charge is 2.10. The van der Waals surface area contributed by atoms with Gasteiger partial charge < -0.3 is 0 Å². The predicted molar refractivity (Wildman–Crippen MR) is 84.4 cm³/mol. The molecule has 3 rings (SSSR count). The average molecular weight is 294 g/mol. The molecule has 3 aromatic rings. The highest BCUT2D eigenvalue weighted by Crippen LogP contribution is 2.19. The molecule has 1 aromatic heterocycles. The lowest BCUT2D eigenvalue weighted by atomic mass is 10.2. The Labute approximate surface area is 127 Å². The van der Waals surface area contributed by atoms with Gasteiger partial charge in [-0.25, -0.2) is 4.98 Å². The van der Waals surface area contributed by atoms with Crippen molar-refractivity contribution in [2.75, 3.05) is 6.26 Å². The number of rotatable bonds is 3. The van der Waals surface area contributed by atoms with Gasteiger partial charge in [0.25, 0.3) is 0 Å². The van der Waals surface area contributed by atoms with Crippen molar-refractivity contribution in [3.63, 3.8) is 0 Å². The standard InChI is InChI=1S/C16H14N4S/c1-21-16-19-14(12-8-4-2-5-9-12)18-15(17)20(16)13-10-6-3-7-11-13/h2-11,17H,1H3. The molecule has 2 aromatic carbocycles. The third-order valence-corrected chi connectivity index (χ3v) is 3.68. The van der Waals surface area contributed by atoms with E-state index in [2.05, 4.69) is 9.97 Å². The molecule has 0 amide bonds. The van der Waals surface area contributed by atoms with Gasteiger partial charge in [-0.05, 0) is 18.4 Å². The fraction of sp³-hybridized carbons (Fsp3) is 0.0625. The third kappa shape index (κ3) is 2.73. The minimum absolute atomic E-state index is 0.180. The third-order valence-electron chi connectivity index (χ3n) is 3.05. The number of nitrogens with one attached hydrogen (secondary N) is 1. The van der Waals surface area contributed by atoms with Crippen LogP contribution < -0.4 is 5.62 Å². The zero-order valence-electron chi connectivity index (χ0n) is 11.5. The summed E-state index contributed by atoms with van der Waals surface area (Å²) < 4.78 is 1.75. The molecule has 0 radical (unpaired) electrons. The number of benzene rings is 2. The van der Waals surface area contributed by atoms with Crippen LogP contribution in [0.25, 0.3) is 17.1 Å². The van der Waals surface area contributed by atoms with E-state index in [-0.39, 0.29) is 5.62 Å². The predicted octanol–water partition coefficient (Wildman–Crippen LogP) is 3.14. The van der Waals surface area contributed by atoms with Gasteiger partial charge in [-0.15, -0.1) is 0 Å². The Hall–Kier alpha value is -2.40. The normalized spacial score (nSPS) is 10.5. The van der Waals surface area contributed by atoms with Gasteiger partial charge in [0.1, 0.15) is 0 Å². The molecule has 1 heterocycles. The van der Waals surface area contributed by atoms with Crippen LogP contribution in [0.4, 0.5) is 0 Å². The number of para-hydroxylation sites is 1. The van der Waals surface area contributed by atoms with Crippen LogP contribution in [0.3, 0.4) is 0 Å². The molecule has 0 bridgehead atoms. The van der Waals surface area contributed by atoms with Crippen molar-refractivity contribution >= 4 is 11.8 Å². The van der Waals surface area contributed by atoms with Crippen LogP contribution in [0.5, 0.6) is 0 Å². The van der Waals surface area contributed by atoms with E-state index in [1.807, 2.05) is 66.9 Å². The average Bonchev–Trinajstić information content (AvgIpc) is 2.55. The fourth-order valence-corrected chi connectivity index (χ4v) is 2.62. The van der Waals surface area contributed by atoms with Crippen molar-refractivity contribution < 1.29 is 0 Å². The van der Waals surface area contributed by atoms with Gasteiger partial charge in [0, 0.05) is 5.56 Å². The number of hydrogen-bond acceptors (Lipinski definition) is 4. The summed E-state index contributed by atoms with van der Waals surface area (Å²) in [4.78, 5) is 8.93. The summed E-state index contributed by atoms with van der Waals surface area (Å²) >= 11 is 1.51. The summed E-state index contributed by atoms with van der Waals surface area (Å²) in [6.45, 7) is 0. The van der Waals surface area contributed by atoms with Gasteiger partial charge in [-0.3, -0.25) is 9.98 Å². The molecule has 0 spiro atoms. The Bertz CT molecular complexity index is 798. The fourth-order valence-electron chi connectivity index (χ4n) is 2.07. The number of hydrogen-bond donors (Lipinski definition) is 1. The molecule has 1 N–H and O–H groups in total. The molecule has 0 aliphatic heterocycles. The molecule has 0 saturated carbocycles. The SMILES string of the molecule is CSc1nc(-c2ccccc2)nc(=N)n1-c1ccccc1. The van der Waals surface area contributed by atoms with Crippen LogP contribution in [0.1, 0.15) is 0 Å². The lowest BCUT2D eigenvalue weighted by Crippen LogP contribution is -2.25. The van der Waals surface area contributed by atoms with Crippen LogP contribution in [0.2, 0.25) is 0 Å². The van der Waals surface area contributed by atoms with E-state index in [0.29, 0.717) is 5.82 Å². The monoisotopic (exact) mass is 294 g/mol. The van der Waals surface area contributed by atoms with Gasteiger partial charge in [-0.1, -0.05) is 60.3 Å². The van der Waals surface area contributed by atoms with Gasteiger partial charge in [0.05, 0.1) is 5.69 Å². The van der Waals surface area contributed by atoms with Crippen molar-refractivity contribution in [2.45, 2.75) is 5.16 Å². The van der Waals surface area contributed by atoms with E-state index in [0.717, 1.165) is 16.4 Å².